The van der Waals surface area contributed by atoms with E-state index in [2.05, 4.69) is 5.32 Å². The average molecular weight is 329 g/mol. The number of ether oxygens (including phenoxy) is 1. The minimum absolute atomic E-state index is 0.0581. The molecule has 1 saturated heterocycles. The maximum absolute atomic E-state index is 11.6. The molecular formula is C13H19N3O5S. The number of hydrogen-bond donors (Lipinski definition) is 1. The second kappa shape index (κ2) is 6.49. The molecule has 0 unspecified atom stereocenters. The van der Waals surface area contributed by atoms with E-state index in [9.17, 15) is 18.5 Å². The molecule has 22 heavy (non-hydrogen) atoms. The number of piperidine rings is 1. The zero-order valence-electron chi connectivity index (χ0n) is 12.5. The predicted octanol–water partition coefficient (Wildman–Crippen LogP) is 1.44. The summed E-state index contributed by atoms with van der Waals surface area (Å²) in [5, 5.41) is 14.2. The van der Waals surface area contributed by atoms with Crippen molar-refractivity contribution < 1.29 is 18.1 Å². The van der Waals surface area contributed by atoms with E-state index in [4.69, 9.17) is 4.74 Å². The molecule has 1 N–H and O–H groups in total. The fourth-order valence-electron chi connectivity index (χ4n) is 2.50. The van der Waals surface area contributed by atoms with Crippen LogP contribution in [0.3, 0.4) is 0 Å². The number of methoxy groups -OCH3 is 1. The molecule has 1 aliphatic heterocycles. The molecule has 1 aliphatic rings. The van der Waals surface area contributed by atoms with Gasteiger partial charge in [-0.15, -0.1) is 0 Å². The van der Waals surface area contributed by atoms with Crippen molar-refractivity contribution in [1.82, 2.24) is 4.31 Å². The number of benzene rings is 1. The van der Waals surface area contributed by atoms with Crippen molar-refractivity contribution in [1.29, 1.82) is 0 Å². The van der Waals surface area contributed by atoms with E-state index in [1.807, 2.05) is 0 Å². The van der Waals surface area contributed by atoms with Crippen LogP contribution in [-0.4, -0.2) is 50.1 Å². The van der Waals surface area contributed by atoms with E-state index in [-0.39, 0.29) is 11.7 Å². The van der Waals surface area contributed by atoms with Gasteiger partial charge in [-0.3, -0.25) is 10.1 Å². The molecule has 0 amide bonds. The van der Waals surface area contributed by atoms with Gasteiger partial charge in [-0.2, -0.15) is 0 Å². The molecule has 0 aliphatic carbocycles. The van der Waals surface area contributed by atoms with Crippen molar-refractivity contribution in [2.45, 2.75) is 18.9 Å². The van der Waals surface area contributed by atoms with E-state index in [1.165, 1.54) is 29.8 Å². The molecule has 0 saturated carbocycles. The number of rotatable bonds is 5. The second-order valence-corrected chi connectivity index (χ2v) is 7.23. The highest BCUT2D eigenvalue weighted by atomic mass is 32.2. The standard InChI is InChI=1S/C13H19N3O5S/c1-21-11-5-6-13(16(17)18)12(8-11)14-10-4-3-7-15(9-10)22(2,19)20/h5-6,8,10,14H,3-4,7,9H2,1-2H3/t10-/m0/s1. The smallest absolute Gasteiger partial charge is 0.292 e. The summed E-state index contributed by atoms with van der Waals surface area (Å²) in [7, 11) is -1.77. The van der Waals surface area contributed by atoms with Crippen molar-refractivity contribution in [2.75, 3.05) is 31.8 Å². The highest BCUT2D eigenvalue weighted by molar-refractivity contribution is 7.88. The first-order chi connectivity index (χ1) is 10.3. The van der Waals surface area contributed by atoms with E-state index < -0.39 is 14.9 Å². The summed E-state index contributed by atoms with van der Waals surface area (Å²) in [6.07, 6.45) is 2.63. The van der Waals surface area contributed by atoms with Gasteiger partial charge in [0.25, 0.3) is 5.69 Å². The van der Waals surface area contributed by atoms with Crippen molar-refractivity contribution in [3.63, 3.8) is 0 Å². The zero-order valence-corrected chi connectivity index (χ0v) is 13.3. The first-order valence-corrected chi connectivity index (χ1v) is 8.70. The Morgan fingerprint density at radius 3 is 2.77 bits per heavy atom. The van der Waals surface area contributed by atoms with Gasteiger partial charge >= 0.3 is 0 Å². The van der Waals surface area contributed by atoms with E-state index in [1.54, 1.807) is 6.07 Å². The van der Waals surface area contributed by atoms with Crippen molar-refractivity contribution in [3.05, 3.63) is 28.3 Å². The lowest BCUT2D eigenvalue weighted by Crippen LogP contribution is -2.44. The number of hydrogen-bond acceptors (Lipinski definition) is 6. The fraction of sp³-hybridized carbons (Fsp3) is 0.538. The van der Waals surface area contributed by atoms with Crippen molar-refractivity contribution in [2.24, 2.45) is 0 Å². The van der Waals surface area contributed by atoms with Gasteiger partial charge in [-0.25, -0.2) is 12.7 Å². The highest BCUT2D eigenvalue weighted by Gasteiger charge is 2.27. The van der Waals surface area contributed by atoms with Crippen LogP contribution in [0.5, 0.6) is 5.75 Å². The molecule has 0 bridgehead atoms. The monoisotopic (exact) mass is 329 g/mol. The third kappa shape index (κ3) is 3.86. The van der Waals surface area contributed by atoms with Gasteiger partial charge in [0.1, 0.15) is 11.4 Å². The van der Waals surface area contributed by atoms with Crippen molar-refractivity contribution in [3.8, 4) is 5.75 Å². The van der Waals surface area contributed by atoms with Gasteiger partial charge in [0.05, 0.1) is 18.3 Å². The maximum atomic E-state index is 11.6. The van der Waals surface area contributed by atoms with Crippen LogP contribution in [0.15, 0.2) is 18.2 Å². The molecule has 1 atom stereocenters. The van der Waals surface area contributed by atoms with Crippen molar-refractivity contribution >= 4 is 21.4 Å². The molecule has 1 aromatic rings. The average Bonchev–Trinajstić information content (AvgIpc) is 2.46. The molecule has 9 heteroatoms. The van der Waals surface area contributed by atoms with Gasteiger partial charge in [0, 0.05) is 31.3 Å². The Bertz CT molecular complexity index is 662. The molecule has 1 fully saturated rings. The third-order valence-corrected chi connectivity index (χ3v) is 4.88. The summed E-state index contributed by atoms with van der Waals surface area (Å²) in [4.78, 5) is 10.6. The molecular weight excluding hydrogens is 310 g/mol. The predicted molar refractivity (Wildman–Crippen MR) is 82.7 cm³/mol. The summed E-state index contributed by atoms with van der Waals surface area (Å²) < 4.78 is 29.7. The summed E-state index contributed by atoms with van der Waals surface area (Å²) in [5.41, 5.74) is 0.280. The molecule has 0 aromatic heterocycles. The third-order valence-electron chi connectivity index (χ3n) is 3.61. The molecule has 2 rings (SSSR count). The van der Waals surface area contributed by atoms with Crippen LogP contribution in [0, 0.1) is 10.1 Å². The molecule has 1 aromatic carbocycles. The number of nitrogens with one attached hydrogen (secondary N) is 1. The first-order valence-electron chi connectivity index (χ1n) is 6.85. The Morgan fingerprint density at radius 1 is 1.45 bits per heavy atom. The number of nitro groups is 1. The van der Waals surface area contributed by atoms with Gasteiger partial charge in [-0.05, 0) is 18.9 Å². The summed E-state index contributed by atoms with van der Waals surface area (Å²) in [5.74, 6) is 0.504. The van der Waals surface area contributed by atoms with Gasteiger partial charge in [0.2, 0.25) is 10.0 Å². The van der Waals surface area contributed by atoms with Crippen LogP contribution in [0.1, 0.15) is 12.8 Å². The fourth-order valence-corrected chi connectivity index (χ4v) is 3.41. The van der Waals surface area contributed by atoms with Crippen LogP contribution in [-0.2, 0) is 10.0 Å². The SMILES string of the molecule is COc1ccc([N+](=O)[O-])c(N[C@H]2CCCN(S(C)(=O)=O)C2)c1. The van der Waals surface area contributed by atoms with Crippen LogP contribution in [0.2, 0.25) is 0 Å². The van der Waals surface area contributed by atoms with Gasteiger partial charge in [0.15, 0.2) is 0 Å². The van der Waals surface area contributed by atoms with Crippen LogP contribution >= 0.6 is 0 Å². The zero-order chi connectivity index (χ0) is 16.3. The largest absolute Gasteiger partial charge is 0.497 e. The highest BCUT2D eigenvalue weighted by Crippen LogP contribution is 2.30. The number of nitro benzene ring substituents is 1. The number of nitrogens with zero attached hydrogens (tertiary/aromatic N) is 2. The molecule has 0 radical (unpaired) electrons. The van der Waals surface area contributed by atoms with Crippen LogP contribution in [0.25, 0.3) is 0 Å². The normalized spacial score (nSPS) is 19.6. The van der Waals surface area contributed by atoms with Gasteiger partial charge < -0.3 is 10.1 Å². The minimum atomic E-state index is -3.26. The lowest BCUT2D eigenvalue weighted by Gasteiger charge is -2.31. The molecule has 0 spiro atoms. The van der Waals surface area contributed by atoms with Crippen LogP contribution in [0.4, 0.5) is 11.4 Å². The Morgan fingerprint density at radius 2 is 2.18 bits per heavy atom. The summed E-state index contributed by atoms with van der Waals surface area (Å²) in [6.45, 7) is 0.782. The lowest BCUT2D eigenvalue weighted by atomic mass is 10.1. The Balaban J connectivity index is 2.20. The number of sulfonamides is 1. The minimum Gasteiger partial charge on any atom is -0.497 e. The summed E-state index contributed by atoms with van der Waals surface area (Å²) in [6, 6.07) is 4.28. The Labute approximate surface area is 129 Å². The Kier molecular flexibility index (Phi) is 4.87. The maximum Gasteiger partial charge on any atom is 0.292 e. The summed E-state index contributed by atoms with van der Waals surface area (Å²) >= 11 is 0. The molecule has 122 valence electrons. The number of anilines is 1. The molecule has 1 heterocycles. The van der Waals surface area contributed by atoms with E-state index >= 15 is 0 Å². The van der Waals surface area contributed by atoms with Gasteiger partial charge in [-0.1, -0.05) is 0 Å². The Hall–Kier alpha value is -1.87. The quantitative estimate of drug-likeness (QED) is 0.648. The lowest BCUT2D eigenvalue weighted by molar-refractivity contribution is -0.384. The molecule has 8 nitrogen and oxygen atoms in total. The van der Waals surface area contributed by atoms with E-state index in [0.29, 0.717) is 30.9 Å². The van der Waals surface area contributed by atoms with Crippen LogP contribution < -0.4 is 10.1 Å². The van der Waals surface area contributed by atoms with E-state index in [0.717, 1.165) is 6.42 Å². The second-order valence-electron chi connectivity index (χ2n) is 5.24. The topological polar surface area (TPSA) is 102 Å². The first kappa shape index (κ1) is 16.5.